The van der Waals surface area contributed by atoms with Gasteiger partial charge in [-0.3, -0.25) is 0 Å². The quantitative estimate of drug-likeness (QED) is 0.823. The Kier molecular flexibility index (Phi) is 4.39. The van der Waals surface area contributed by atoms with Gasteiger partial charge in [0.2, 0.25) is 10.0 Å². The van der Waals surface area contributed by atoms with Crippen molar-refractivity contribution in [1.82, 2.24) is 4.72 Å². The maximum atomic E-state index is 12.0. The van der Waals surface area contributed by atoms with E-state index in [4.69, 9.17) is 10.5 Å². The molecule has 0 saturated carbocycles. The highest BCUT2D eigenvalue weighted by molar-refractivity contribution is 8.00. The zero-order valence-corrected chi connectivity index (χ0v) is 12.6. The summed E-state index contributed by atoms with van der Waals surface area (Å²) in [4.78, 5) is 0.949. The molecule has 0 aromatic heterocycles. The fourth-order valence-corrected chi connectivity index (χ4v) is 4.42. The summed E-state index contributed by atoms with van der Waals surface area (Å²) in [6.45, 7) is 2.73. The lowest BCUT2D eigenvalue weighted by molar-refractivity contribution is 0.127. The second-order valence-electron chi connectivity index (χ2n) is 4.43. The van der Waals surface area contributed by atoms with Crippen molar-refractivity contribution < 1.29 is 13.2 Å². The van der Waals surface area contributed by atoms with Crippen molar-refractivity contribution in [3.8, 4) is 0 Å². The van der Waals surface area contributed by atoms with E-state index >= 15 is 0 Å². The summed E-state index contributed by atoms with van der Waals surface area (Å²) in [6.07, 6.45) is 1.06. The number of hydrogen-bond acceptors (Lipinski definition) is 5. The molecular formula is C12H18N2O3S2. The van der Waals surface area contributed by atoms with E-state index in [-0.39, 0.29) is 16.2 Å². The number of hydrogen-bond donors (Lipinski definition) is 2. The Labute approximate surface area is 118 Å². The van der Waals surface area contributed by atoms with Crippen molar-refractivity contribution in [2.24, 2.45) is 0 Å². The third-order valence-electron chi connectivity index (χ3n) is 3.11. The lowest BCUT2D eigenvalue weighted by atomic mass is 10.3. The molecule has 0 amide bonds. The van der Waals surface area contributed by atoms with Crippen LogP contribution in [0.5, 0.6) is 0 Å². The van der Waals surface area contributed by atoms with Crippen molar-refractivity contribution in [1.29, 1.82) is 0 Å². The van der Waals surface area contributed by atoms with Gasteiger partial charge in [0, 0.05) is 22.4 Å². The Bertz CT molecular complexity index is 560. The molecule has 1 saturated heterocycles. The molecule has 0 aliphatic carbocycles. The molecule has 1 heterocycles. The van der Waals surface area contributed by atoms with Crippen LogP contribution in [0.15, 0.2) is 28.0 Å². The highest BCUT2D eigenvalue weighted by atomic mass is 32.2. The number of thioether (sulfide) groups is 1. The van der Waals surface area contributed by atoms with E-state index in [2.05, 4.69) is 4.72 Å². The Hall–Kier alpha value is -0.760. The average molecular weight is 302 g/mol. The van der Waals surface area contributed by atoms with Crippen LogP contribution in [0.4, 0.5) is 5.69 Å². The average Bonchev–Trinajstić information content (AvgIpc) is 2.77. The summed E-state index contributed by atoms with van der Waals surface area (Å²) in [7, 11) is -2.11. The van der Waals surface area contributed by atoms with Gasteiger partial charge in [-0.1, -0.05) is 0 Å². The molecule has 0 spiro atoms. The number of nitrogen functional groups attached to an aromatic ring is 1. The van der Waals surface area contributed by atoms with E-state index in [9.17, 15) is 8.42 Å². The number of ether oxygens (including phenoxy) is 1. The Morgan fingerprint density at radius 1 is 1.47 bits per heavy atom. The fourth-order valence-electron chi connectivity index (χ4n) is 1.97. The Balaban J connectivity index is 2.35. The van der Waals surface area contributed by atoms with Crippen molar-refractivity contribution in [2.75, 3.05) is 19.4 Å². The molecule has 2 rings (SSSR count). The van der Waals surface area contributed by atoms with Crippen LogP contribution in [0.2, 0.25) is 0 Å². The second kappa shape index (κ2) is 5.70. The summed E-state index contributed by atoms with van der Waals surface area (Å²) in [5.41, 5.74) is 6.13. The van der Waals surface area contributed by atoms with Gasteiger partial charge in [0.1, 0.15) is 0 Å². The summed E-state index contributed by atoms with van der Waals surface area (Å²) in [5.74, 6) is 0. The van der Waals surface area contributed by atoms with E-state index in [1.165, 1.54) is 24.9 Å². The molecule has 1 aliphatic rings. The first-order chi connectivity index (χ1) is 8.94. The molecule has 106 valence electrons. The number of anilines is 1. The molecule has 1 fully saturated rings. The minimum absolute atomic E-state index is 0.132. The number of nitrogens with two attached hydrogens (primary N) is 1. The standard InChI is InChI=1S/C12H18N2O3S2/c1-8-10(5-6-17-8)18-11-4-3-9(13)7-12(11)19(15,16)14-2/h3-4,7-8,10,14H,5-6,13H2,1-2H3. The predicted octanol–water partition coefficient (Wildman–Crippen LogP) is 1.45. The van der Waals surface area contributed by atoms with Crippen molar-refractivity contribution >= 4 is 27.5 Å². The lowest BCUT2D eigenvalue weighted by Gasteiger charge is -2.16. The maximum Gasteiger partial charge on any atom is 0.241 e. The first-order valence-electron chi connectivity index (χ1n) is 6.05. The second-order valence-corrected chi connectivity index (χ2v) is 7.57. The summed E-state index contributed by atoms with van der Waals surface area (Å²) in [6, 6.07) is 4.97. The first kappa shape index (κ1) is 14.6. The van der Waals surface area contributed by atoms with Crippen LogP contribution in [0, 0.1) is 0 Å². The molecule has 3 N–H and O–H groups in total. The summed E-state index contributed by atoms with van der Waals surface area (Å²) < 4.78 is 31.9. The zero-order valence-electron chi connectivity index (χ0n) is 10.9. The SMILES string of the molecule is CNS(=O)(=O)c1cc(N)ccc1SC1CCOC1C. The summed E-state index contributed by atoms with van der Waals surface area (Å²) >= 11 is 1.54. The van der Waals surface area contributed by atoms with Gasteiger partial charge in [0.05, 0.1) is 11.0 Å². The normalized spacial score (nSPS) is 23.7. The molecule has 19 heavy (non-hydrogen) atoms. The van der Waals surface area contributed by atoms with Gasteiger partial charge in [-0.05, 0) is 38.6 Å². The van der Waals surface area contributed by atoms with Crippen LogP contribution < -0.4 is 10.5 Å². The maximum absolute atomic E-state index is 12.0. The molecule has 1 aromatic carbocycles. The van der Waals surface area contributed by atoms with Gasteiger partial charge in [-0.2, -0.15) is 0 Å². The monoisotopic (exact) mass is 302 g/mol. The molecule has 2 unspecified atom stereocenters. The van der Waals surface area contributed by atoms with Gasteiger partial charge in [0.15, 0.2) is 0 Å². The van der Waals surface area contributed by atoms with Crippen LogP contribution >= 0.6 is 11.8 Å². The lowest BCUT2D eigenvalue weighted by Crippen LogP contribution is -2.20. The minimum Gasteiger partial charge on any atom is -0.399 e. The molecule has 2 atom stereocenters. The van der Waals surface area contributed by atoms with Gasteiger partial charge in [-0.25, -0.2) is 13.1 Å². The molecule has 1 aliphatic heterocycles. The van der Waals surface area contributed by atoms with E-state index < -0.39 is 10.0 Å². The third kappa shape index (κ3) is 3.22. The van der Waals surface area contributed by atoms with Crippen molar-refractivity contribution in [2.45, 2.75) is 34.5 Å². The van der Waals surface area contributed by atoms with Crippen LogP contribution in [0.25, 0.3) is 0 Å². The summed E-state index contributed by atoms with van der Waals surface area (Å²) in [5, 5.41) is 0.273. The van der Waals surface area contributed by atoms with Gasteiger partial charge < -0.3 is 10.5 Å². The topological polar surface area (TPSA) is 81.4 Å². The molecule has 5 nitrogen and oxygen atoms in total. The van der Waals surface area contributed by atoms with Gasteiger partial charge >= 0.3 is 0 Å². The molecular weight excluding hydrogens is 284 g/mol. The first-order valence-corrected chi connectivity index (χ1v) is 8.41. The predicted molar refractivity (Wildman–Crippen MR) is 76.8 cm³/mol. The highest BCUT2D eigenvalue weighted by Gasteiger charge is 2.27. The number of rotatable bonds is 4. The van der Waals surface area contributed by atoms with E-state index in [0.29, 0.717) is 10.6 Å². The van der Waals surface area contributed by atoms with E-state index in [1.54, 1.807) is 12.1 Å². The highest BCUT2D eigenvalue weighted by Crippen LogP contribution is 2.36. The zero-order chi connectivity index (χ0) is 14.0. The van der Waals surface area contributed by atoms with Crippen molar-refractivity contribution in [3.63, 3.8) is 0 Å². The Morgan fingerprint density at radius 2 is 2.21 bits per heavy atom. The largest absolute Gasteiger partial charge is 0.399 e. The molecule has 0 bridgehead atoms. The Morgan fingerprint density at radius 3 is 2.79 bits per heavy atom. The number of benzene rings is 1. The smallest absolute Gasteiger partial charge is 0.241 e. The van der Waals surface area contributed by atoms with Crippen LogP contribution in [0.3, 0.4) is 0 Å². The number of sulfonamides is 1. The van der Waals surface area contributed by atoms with Crippen molar-refractivity contribution in [3.05, 3.63) is 18.2 Å². The minimum atomic E-state index is -3.50. The molecule has 0 radical (unpaired) electrons. The third-order valence-corrected chi connectivity index (χ3v) is 6.23. The number of nitrogens with one attached hydrogen (secondary N) is 1. The molecule has 1 aromatic rings. The van der Waals surface area contributed by atoms with E-state index in [0.717, 1.165) is 13.0 Å². The van der Waals surface area contributed by atoms with Gasteiger partial charge in [0.25, 0.3) is 0 Å². The molecule has 7 heteroatoms. The fraction of sp³-hybridized carbons (Fsp3) is 0.500. The van der Waals surface area contributed by atoms with Crippen LogP contribution in [-0.2, 0) is 14.8 Å². The van der Waals surface area contributed by atoms with Crippen LogP contribution in [-0.4, -0.2) is 33.4 Å². The van der Waals surface area contributed by atoms with E-state index in [1.807, 2.05) is 6.92 Å². The van der Waals surface area contributed by atoms with Crippen LogP contribution in [0.1, 0.15) is 13.3 Å². The van der Waals surface area contributed by atoms with Gasteiger partial charge in [-0.15, -0.1) is 11.8 Å².